The number of aromatic nitrogens is 2. The number of carbonyl (C=O) groups is 1. The molecule has 0 aliphatic rings. The molecule has 0 saturated carbocycles. The van der Waals surface area contributed by atoms with Crippen molar-refractivity contribution in [2.45, 2.75) is 19.9 Å². The zero-order valence-electron chi connectivity index (χ0n) is 14.3. The Balaban J connectivity index is 1.67. The van der Waals surface area contributed by atoms with Crippen molar-refractivity contribution in [1.29, 1.82) is 0 Å². The first kappa shape index (κ1) is 17.9. The van der Waals surface area contributed by atoms with Crippen molar-refractivity contribution in [2.24, 2.45) is 0 Å². The SMILES string of the molecule is CCNc1cnc(C(=O)NCCCN(C)Cc2ccccc2)cn1. The summed E-state index contributed by atoms with van der Waals surface area (Å²) in [6.45, 7) is 5.20. The summed E-state index contributed by atoms with van der Waals surface area (Å²) in [6.07, 6.45) is 3.96. The normalized spacial score (nSPS) is 10.6. The summed E-state index contributed by atoms with van der Waals surface area (Å²) in [5.74, 6) is 0.493. The molecule has 2 aromatic rings. The molecular formula is C18H25N5O. The van der Waals surface area contributed by atoms with Gasteiger partial charge in [0.05, 0.1) is 12.4 Å². The lowest BCUT2D eigenvalue weighted by atomic mass is 10.2. The summed E-state index contributed by atoms with van der Waals surface area (Å²) in [6, 6.07) is 10.4. The Morgan fingerprint density at radius 1 is 1.17 bits per heavy atom. The highest BCUT2D eigenvalue weighted by Crippen LogP contribution is 2.03. The van der Waals surface area contributed by atoms with E-state index in [-0.39, 0.29) is 5.91 Å². The zero-order chi connectivity index (χ0) is 17.2. The summed E-state index contributed by atoms with van der Waals surface area (Å²) in [7, 11) is 2.08. The molecule has 0 unspecified atom stereocenters. The Labute approximate surface area is 143 Å². The van der Waals surface area contributed by atoms with Gasteiger partial charge < -0.3 is 15.5 Å². The maximum Gasteiger partial charge on any atom is 0.271 e. The molecule has 0 spiro atoms. The number of hydrogen-bond donors (Lipinski definition) is 2. The van der Waals surface area contributed by atoms with Crippen molar-refractivity contribution in [3.05, 3.63) is 54.0 Å². The molecular weight excluding hydrogens is 302 g/mol. The highest BCUT2D eigenvalue weighted by molar-refractivity contribution is 5.91. The Hall–Kier alpha value is -2.47. The largest absolute Gasteiger partial charge is 0.369 e. The molecule has 2 rings (SSSR count). The van der Waals surface area contributed by atoms with Crippen LogP contribution in [0.3, 0.4) is 0 Å². The molecule has 0 bridgehead atoms. The van der Waals surface area contributed by atoms with Crippen LogP contribution in [0.1, 0.15) is 29.4 Å². The first-order valence-electron chi connectivity index (χ1n) is 8.25. The number of carbonyl (C=O) groups excluding carboxylic acids is 1. The monoisotopic (exact) mass is 327 g/mol. The Morgan fingerprint density at radius 3 is 2.62 bits per heavy atom. The molecule has 1 amide bonds. The zero-order valence-corrected chi connectivity index (χ0v) is 14.3. The number of hydrogen-bond acceptors (Lipinski definition) is 5. The molecule has 24 heavy (non-hydrogen) atoms. The predicted octanol–water partition coefficient (Wildman–Crippen LogP) is 2.16. The fourth-order valence-corrected chi connectivity index (χ4v) is 2.33. The van der Waals surface area contributed by atoms with E-state index in [0.29, 0.717) is 18.1 Å². The Bertz CT molecular complexity index is 615. The van der Waals surface area contributed by atoms with E-state index < -0.39 is 0 Å². The van der Waals surface area contributed by atoms with Gasteiger partial charge in [-0.1, -0.05) is 30.3 Å². The summed E-state index contributed by atoms with van der Waals surface area (Å²) in [5, 5.41) is 5.93. The van der Waals surface area contributed by atoms with Gasteiger partial charge in [-0.05, 0) is 32.5 Å². The molecule has 0 aliphatic carbocycles. The molecule has 1 aromatic carbocycles. The maximum atomic E-state index is 12.0. The third-order valence-electron chi connectivity index (χ3n) is 3.54. The van der Waals surface area contributed by atoms with Crippen molar-refractivity contribution in [3.63, 3.8) is 0 Å². The van der Waals surface area contributed by atoms with Crippen molar-refractivity contribution in [3.8, 4) is 0 Å². The second-order valence-electron chi connectivity index (χ2n) is 5.65. The summed E-state index contributed by atoms with van der Waals surface area (Å²) >= 11 is 0. The number of benzene rings is 1. The summed E-state index contributed by atoms with van der Waals surface area (Å²) in [4.78, 5) is 22.5. The van der Waals surface area contributed by atoms with Gasteiger partial charge >= 0.3 is 0 Å². The minimum atomic E-state index is -0.184. The van der Waals surface area contributed by atoms with E-state index in [0.717, 1.165) is 26.1 Å². The minimum absolute atomic E-state index is 0.184. The minimum Gasteiger partial charge on any atom is -0.369 e. The van der Waals surface area contributed by atoms with E-state index in [1.807, 2.05) is 25.1 Å². The summed E-state index contributed by atoms with van der Waals surface area (Å²) < 4.78 is 0. The van der Waals surface area contributed by atoms with Crippen LogP contribution in [0.15, 0.2) is 42.7 Å². The van der Waals surface area contributed by atoms with E-state index in [1.165, 1.54) is 11.8 Å². The number of nitrogens with zero attached hydrogens (tertiary/aromatic N) is 3. The molecule has 128 valence electrons. The summed E-state index contributed by atoms with van der Waals surface area (Å²) in [5.41, 5.74) is 1.63. The number of nitrogens with one attached hydrogen (secondary N) is 2. The van der Waals surface area contributed by atoms with Crippen molar-refractivity contribution < 1.29 is 4.79 Å². The Morgan fingerprint density at radius 2 is 1.96 bits per heavy atom. The topological polar surface area (TPSA) is 70.2 Å². The van der Waals surface area contributed by atoms with E-state index in [2.05, 4.69) is 44.7 Å². The van der Waals surface area contributed by atoms with E-state index >= 15 is 0 Å². The van der Waals surface area contributed by atoms with Crippen LogP contribution in [0.25, 0.3) is 0 Å². The van der Waals surface area contributed by atoms with Gasteiger partial charge in [-0.25, -0.2) is 9.97 Å². The van der Waals surface area contributed by atoms with Crippen LogP contribution in [0.5, 0.6) is 0 Å². The van der Waals surface area contributed by atoms with Crippen LogP contribution in [-0.4, -0.2) is 47.5 Å². The van der Waals surface area contributed by atoms with Gasteiger partial charge in [0.25, 0.3) is 5.91 Å². The third-order valence-corrected chi connectivity index (χ3v) is 3.54. The van der Waals surface area contributed by atoms with Crippen LogP contribution < -0.4 is 10.6 Å². The first-order chi connectivity index (χ1) is 11.7. The molecule has 0 aliphatic heterocycles. The molecule has 2 N–H and O–H groups in total. The average Bonchev–Trinajstić information content (AvgIpc) is 2.60. The standard InChI is InChI=1S/C18H25N5O/c1-3-19-17-13-21-16(12-22-17)18(24)20-10-7-11-23(2)14-15-8-5-4-6-9-15/h4-6,8-9,12-13H,3,7,10-11,14H2,1-2H3,(H,19,22)(H,20,24). The Kier molecular flexibility index (Phi) is 7.17. The quantitative estimate of drug-likeness (QED) is 0.691. The second kappa shape index (κ2) is 9.62. The fourth-order valence-electron chi connectivity index (χ4n) is 2.33. The van der Waals surface area contributed by atoms with Crippen molar-refractivity contribution >= 4 is 11.7 Å². The van der Waals surface area contributed by atoms with Gasteiger partial charge in [-0.2, -0.15) is 0 Å². The van der Waals surface area contributed by atoms with Gasteiger partial charge in [0.1, 0.15) is 11.5 Å². The van der Waals surface area contributed by atoms with Crippen LogP contribution in [0.4, 0.5) is 5.82 Å². The van der Waals surface area contributed by atoms with Gasteiger partial charge in [-0.15, -0.1) is 0 Å². The van der Waals surface area contributed by atoms with E-state index in [1.54, 1.807) is 6.20 Å². The maximum absolute atomic E-state index is 12.0. The molecule has 1 heterocycles. The lowest BCUT2D eigenvalue weighted by molar-refractivity contribution is 0.0946. The number of rotatable bonds is 9. The molecule has 1 aromatic heterocycles. The van der Waals surface area contributed by atoms with Gasteiger partial charge in [0.2, 0.25) is 0 Å². The lowest BCUT2D eigenvalue weighted by Crippen LogP contribution is -2.28. The fraction of sp³-hybridized carbons (Fsp3) is 0.389. The molecule has 0 radical (unpaired) electrons. The molecule has 0 atom stereocenters. The van der Waals surface area contributed by atoms with Gasteiger partial charge in [0.15, 0.2) is 0 Å². The second-order valence-corrected chi connectivity index (χ2v) is 5.65. The van der Waals surface area contributed by atoms with Crippen LogP contribution in [-0.2, 0) is 6.54 Å². The molecule has 6 nitrogen and oxygen atoms in total. The smallest absolute Gasteiger partial charge is 0.271 e. The first-order valence-corrected chi connectivity index (χ1v) is 8.25. The van der Waals surface area contributed by atoms with Gasteiger partial charge in [0, 0.05) is 19.6 Å². The average molecular weight is 327 g/mol. The number of anilines is 1. The number of amides is 1. The molecule has 0 saturated heterocycles. The van der Waals surface area contributed by atoms with Crippen molar-refractivity contribution in [2.75, 3.05) is 32.0 Å². The third kappa shape index (κ3) is 5.96. The van der Waals surface area contributed by atoms with Crippen molar-refractivity contribution in [1.82, 2.24) is 20.2 Å². The van der Waals surface area contributed by atoms with Crippen LogP contribution in [0.2, 0.25) is 0 Å². The molecule has 6 heteroatoms. The lowest BCUT2D eigenvalue weighted by Gasteiger charge is -2.16. The van der Waals surface area contributed by atoms with Crippen LogP contribution >= 0.6 is 0 Å². The highest BCUT2D eigenvalue weighted by Gasteiger charge is 2.07. The highest BCUT2D eigenvalue weighted by atomic mass is 16.1. The van der Waals surface area contributed by atoms with Crippen LogP contribution in [0, 0.1) is 0 Å². The van der Waals surface area contributed by atoms with E-state index in [9.17, 15) is 4.79 Å². The van der Waals surface area contributed by atoms with Gasteiger partial charge in [-0.3, -0.25) is 4.79 Å². The van der Waals surface area contributed by atoms with E-state index in [4.69, 9.17) is 0 Å². The molecule has 0 fully saturated rings. The predicted molar refractivity (Wildman–Crippen MR) is 95.9 cm³/mol.